The van der Waals surface area contributed by atoms with Crippen molar-refractivity contribution in [3.63, 3.8) is 0 Å². The first kappa shape index (κ1) is 9.41. The second-order valence-electron chi connectivity index (χ2n) is 2.77. The average molecular weight is 188 g/mol. The number of carbonyl (C=O) groups is 1. The van der Waals surface area contributed by atoms with Crippen molar-refractivity contribution in [3.05, 3.63) is 0 Å². The zero-order chi connectivity index (χ0) is 8.97. The van der Waals surface area contributed by atoms with Crippen molar-refractivity contribution < 1.29 is 9.53 Å². The summed E-state index contributed by atoms with van der Waals surface area (Å²) in [4.78, 5) is 11.3. The van der Waals surface area contributed by atoms with Gasteiger partial charge in [0, 0.05) is 6.61 Å². The molecule has 0 bridgehead atoms. The summed E-state index contributed by atoms with van der Waals surface area (Å²) >= 11 is 4.60. The van der Waals surface area contributed by atoms with E-state index in [1.54, 1.807) is 0 Å². The van der Waals surface area contributed by atoms with Crippen molar-refractivity contribution in [3.8, 4) is 0 Å². The third kappa shape index (κ3) is 3.15. The normalized spacial score (nSPS) is 22.2. The molecule has 1 aliphatic rings. The van der Waals surface area contributed by atoms with Crippen molar-refractivity contribution in [2.24, 2.45) is 5.73 Å². The Balaban J connectivity index is 2.20. The van der Waals surface area contributed by atoms with Crippen LogP contribution in [0.25, 0.3) is 0 Å². The van der Waals surface area contributed by atoms with Crippen LogP contribution in [0.5, 0.6) is 0 Å². The van der Waals surface area contributed by atoms with Gasteiger partial charge >= 0.3 is 0 Å². The van der Waals surface area contributed by atoms with Gasteiger partial charge in [0.15, 0.2) is 0 Å². The van der Waals surface area contributed by atoms with Gasteiger partial charge in [-0.25, -0.2) is 0 Å². The van der Waals surface area contributed by atoms with E-state index in [0.29, 0.717) is 6.61 Å². The molecule has 68 valence electrons. The van der Waals surface area contributed by atoms with Crippen LogP contribution in [0.1, 0.15) is 12.8 Å². The highest BCUT2D eigenvalue weighted by Crippen LogP contribution is 2.03. The van der Waals surface area contributed by atoms with Crippen LogP contribution in [0, 0.1) is 0 Å². The summed E-state index contributed by atoms with van der Waals surface area (Å²) in [6, 6.07) is 0.145. The summed E-state index contributed by atoms with van der Waals surface area (Å²) < 4.78 is 5.08. The van der Waals surface area contributed by atoms with E-state index < -0.39 is 0 Å². The molecule has 1 unspecified atom stereocenters. The Labute approximate surface area is 76.4 Å². The maximum atomic E-state index is 11.1. The lowest BCUT2D eigenvalue weighted by atomic mass is 10.2. The molecule has 4 nitrogen and oxygen atoms in total. The molecule has 0 aliphatic carbocycles. The molecule has 0 aromatic rings. The molecule has 12 heavy (non-hydrogen) atoms. The number of hydrogen-bond donors (Lipinski definition) is 2. The Morgan fingerprint density at radius 1 is 1.75 bits per heavy atom. The quantitative estimate of drug-likeness (QED) is 0.590. The topological polar surface area (TPSA) is 64.4 Å². The van der Waals surface area contributed by atoms with Gasteiger partial charge in [0.25, 0.3) is 0 Å². The van der Waals surface area contributed by atoms with Gasteiger partial charge in [0.2, 0.25) is 5.91 Å². The molecule has 0 saturated carbocycles. The standard InChI is InChI=1S/C7H12N2O2S/c8-6(12)3-7(10)9-5-1-2-11-4-5/h5H,1-4H2,(H2,8,12)(H,9,10). The van der Waals surface area contributed by atoms with Crippen LogP contribution in [-0.4, -0.2) is 30.2 Å². The number of nitrogens with one attached hydrogen (secondary N) is 1. The number of ether oxygens (including phenoxy) is 1. The van der Waals surface area contributed by atoms with E-state index in [2.05, 4.69) is 17.5 Å². The molecule has 0 aromatic carbocycles. The van der Waals surface area contributed by atoms with E-state index in [9.17, 15) is 4.79 Å². The van der Waals surface area contributed by atoms with Gasteiger partial charge in [-0.15, -0.1) is 0 Å². The highest BCUT2D eigenvalue weighted by molar-refractivity contribution is 7.80. The first-order chi connectivity index (χ1) is 5.68. The van der Waals surface area contributed by atoms with Crippen LogP contribution >= 0.6 is 12.2 Å². The Morgan fingerprint density at radius 3 is 3.00 bits per heavy atom. The molecule has 0 radical (unpaired) electrons. The lowest BCUT2D eigenvalue weighted by Gasteiger charge is -2.09. The summed E-state index contributed by atoms with van der Waals surface area (Å²) in [5, 5.41) is 2.78. The maximum absolute atomic E-state index is 11.1. The van der Waals surface area contributed by atoms with Crippen molar-refractivity contribution in [1.82, 2.24) is 5.32 Å². The van der Waals surface area contributed by atoms with Gasteiger partial charge < -0.3 is 15.8 Å². The van der Waals surface area contributed by atoms with E-state index in [1.165, 1.54) is 0 Å². The van der Waals surface area contributed by atoms with Gasteiger partial charge in [-0.05, 0) is 6.42 Å². The zero-order valence-corrected chi connectivity index (χ0v) is 7.52. The third-order valence-corrected chi connectivity index (χ3v) is 1.77. The molecule has 1 amide bonds. The van der Waals surface area contributed by atoms with E-state index in [0.717, 1.165) is 13.0 Å². The third-order valence-electron chi connectivity index (χ3n) is 1.63. The largest absolute Gasteiger partial charge is 0.393 e. The molecule has 1 atom stereocenters. The molecular weight excluding hydrogens is 176 g/mol. The molecule has 1 aliphatic heterocycles. The average Bonchev–Trinajstić information content (AvgIpc) is 2.37. The van der Waals surface area contributed by atoms with E-state index in [1.807, 2.05) is 0 Å². The zero-order valence-electron chi connectivity index (χ0n) is 6.71. The minimum Gasteiger partial charge on any atom is -0.393 e. The lowest BCUT2D eigenvalue weighted by molar-refractivity contribution is -0.120. The van der Waals surface area contributed by atoms with Gasteiger partial charge in [0.1, 0.15) is 0 Å². The molecule has 1 heterocycles. The minimum atomic E-state index is -0.113. The van der Waals surface area contributed by atoms with E-state index in [-0.39, 0.29) is 23.4 Å². The lowest BCUT2D eigenvalue weighted by Crippen LogP contribution is -2.36. The van der Waals surface area contributed by atoms with Crippen LogP contribution in [0.2, 0.25) is 0 Å². The monoisotopic (exact) mass is 188 g/mol. The molecule has 1 rings (SSSR count). The Hall–Kier alpha value is -0.680. The molecule has 0 aromatic heterocycles. The Morgan fingerprint density at radius 2 is 2.50 bits per heavy atom. The molecule has 3 N–H and O–H groups in total. The molecular formula is C7H12N2O2S. The van der Waals surface area contributed by atoms with Gasteiger partial charge in [0.05, 0.1) is 24.1 Å². The Bertz CT molecular complexity index is 190. The number of carbonyl (C=O) groups excluding carboxylic acids is 1. The first-order valence-electron chi connectivity index (χ1n) is 3.84. The highest BCUT2D eigenvalue weighted by atomic mass is 32.1. The smallest absolute Gasteiger partial charge is 0.227 e. The van der Waals surface area contributed by atoms with Crippen molar-refractivity contribution in [2.45, 2.75) is 18.9 Å². The fourth-order valence-corrected chi connectivity index (χ4v) is 1.22. The number of amides is 1. The molecule has 0 spiro atoms. The van der Waals surface area contributed by atoms with Crippen molar-refractivity contribution >= 4 is 23.1 Å². The number of rotatable bonds is 3. The van der Waals surface area contributed by atoms with E-state index >= 15 is 0 Å². The summed E-state index contributed by atoms with van der Waals surface area (Å²) in [5.41, 5.74) is 5.21. The van der Waals surface area contributed by atoms with Crippen LogP contribution in [-0.2, 0) is 9.53 Å². The second kappa shape index (κ2) is 4.37. The number of nitrogens with two attached hydrogens (primary N) is 1. The second-order valence-corrected chi connectivity index (χ2v) is 3.30. The SMILES string of the molecule is NC(=S)CC(=O)NC1CCOC1. The summed E-state index contributed by atoms with van der Waals surface area (Å²) in [7, 11) is 0. The van der Waals surface area contributed by atoms with Crippen LogP contribution in [0.4, 0.5) is 0 Å². The van der Waals surface area contributed by atoms with Gasteiger partial charge in [-0.1, -0.05) is 12.2 Å². The highest BCUT2D eigenvalue weighted by Gasteiger charge is 2.17. The molecule has 1 fully saturated rings. The predicted molar refractivity (Wildman–Crippen MR) is 48.8 cm³/mol. The molecule has 5 heteroatoms. The van der Waals surface area contributed by atoms with Gasteiger partial charge in [-0.3, -0.25) is 4.79 Å². The predicted octanol–water partition coefficient (Wildman–Crippen LogP) is -0.432. The van der Waals surface area contributed by atoms with Crippen molar-refractivity contribution in [1.29, 1.82) is 0 Å². The van der Waals surface area contributed by atoms with Crippen molar-refractivity contribution in [2.75, 3.05) is 13.2 Å². The van der Waals surface area contributed by atoms with Crippen LogP contribution in [0.3, 0.4) is 0 Å². The number of hydrogen-bond acceptors (Lipinski definition) is 3. The fraction of sp³-hybridized carbons (Fsp3) is 0.714. The summed E-state index contributed by atoms with van der Waals surface area (Å²) in [6.45, 7) is 1.32. The minimum absolute atomic E-state index is 0.113. The van der Waals surface area contributed by atoms with E-state index in [4.69, 9.17) is 10.5 Å². The fourth-order valence-electron chi connectivity index (χ4n) is 1.09. The van der Waals surface area contributed by atoms with Crippen LogP contribution < -0.4 is 11.1 Å². The summed E-state index contributed by atoms with van der Waals surface area (Å²) in [5.74, 6) is -0.113. The molecule has 1 saturated heterocycles. The Kier molecular flexibility index (Phi) is 3.43. The number of thiocarbonyl (C=S) groups is 1. The first-order valence-corrected chi connectivity index (χ1v) is 4.24. The van der Waals surface area contributed by atoms with Crippen LogP contribution in [0.15, 0.2) is 0 Å². The van der Waals surface area contributed by atoms with Gasteiger partial charge in [-0.2, -0.15) is 0 Å². The maximum Gasteiger partial charge on any atom is 0.227 e. The summed E-state index contributed by atoms with van der Waals surface area (Å²) in [6.07, 6.45) is 1.01.